The summed E-state index contributed by atoms with van der Waals surface area (Å²) in [4.78, 5) is 0. The van der Waals surface area contributed by atoms with E-state index in [-0.39, 0.29) is 11.7 Å². The third-order valence-electron chi connectivity index (χ3n) is 3.27. The zero-order valence-corrected chi connectivity index (χ0v) is 10.6. The Morgan fingerprint density at radius 3 is 2.56 bits per heavy atom. The molecule has 0 heterocycles. The summed E-state index contributed by atoms with van der Waals surface area (Å²) < 4.78 is 13.4. The molecule has 0 aliphatic carbocycles. The topological polar surface area (TPSA) is 26.0 Å². The third-order valence-corrected chi connectivity index (χ3v) is 3.27. The summed E-state index contributed by atoms with van der Waals surface area (Å²) in [5, 5.41) is 0. The maximum absolute atomic E-state index is 13.4. The molecule has 1 unspecified atom stereocenters. The van der Waals surface area contributed by atoms with Gasteiger partial charge in [-0.2, -0.15) is 0 Å². The van der Waals surface area contributed by atoms with Crippen LogP contribution in [0.25, 0.3) is 0 Å². The van der Waals surface area contributed by atoms with Crippen LogP contribution < -0.4 is 5.73 Å². The normalized spacial score (nSPS) is 12.4. The van der Waals surface area contributed by atoms with Crippen molar-refractivity contribution in [3.05, 3.63) is 71.0 Å². The van der Waals surface area contributed by atoms with Gasteiger partial charge in [0.05, 0.1) is 0 Å². The highest BCUT2D eigenvalue weighted by molar-refractivity contribution is 5.37. The second-order valence-electron chi connectivity index (χ2n) is 4.54. The summed E-state index contributed by atoms with van der Waals surface area (Å²) >= 11 is 0. The minimum atomic E-state index is -0.192. The van der Waals surface area contributed by atoms with E-state index in [1.807, 2.05) is 18.2 Å². The fraction of sp³-hybridized carbons (Fsp3) is 0.250. The zero-order valence-electron chi connectivity index (χ0n) is 10.6. The fourth-order valence-electron chi connectivity index (χ4n) is 2.37. The standard InChI is InChI=1S/C16H18FN/c1-12-5-2-3-8-15(12)16(9-10-18)13-6-4-7-14(17)11-13/h2-8,11,16H,9-10,18H2,1H3. The lowest BCUT2D eigenvalue weighted by molar-refractivity contribution is 0.620. The summed E-state index contributed by atoms with van der Waals surface area (Å²) in [7, 11) is 0. The minimum Gasteiger partial charge on any atom is -0.330 e. The number of nitrogens with two attached hydrogens (primary N) is 1. The van der Waals surface area contributed by atoms with Gasteiger partial charge < -0.3 is 5.73 Å². The van der Waals surface area contributed by atoms with E-state index in [1.54, 1.807) is 12.1 Å². The Balaban J connectivity index is 2.43. The monoisotopic (exact) mass is 243 g/mol. The van der Waals surface area contributed by atoms with Crippen molar-refractivity contribution in [2.24, 2.45) is 5.73 Å². The van der Waals surface area contributed by atoms with Gasteiger partial charge in [0.1, 0.15) is 5.82 Å². The van der Waals surface area contributed by atoms with Crippen LogP contribution in [0.5, 0.6) is 0 Å². The predicted molar refractivity (Wildman–Crippen MR) is 73.1 cm³/mol. The molecule has 1 nitrogen and oxygen atoms in total. The summed E-state index contributed by atoms with van der Waals surface area (Å²) in [6.45, 7) is 2.67. The Labute approximate surface area is 107 Å². The number of hydrogen-bond donors (Lipinski definition) is 1. The predicted octanol–water partition coefficient (Wildman–Crippen LogP) is 3.61. The van der Waals surface area contributed by atoms with Crippen molar-refractivity contribution < 1.29 is 4.39 Å². The molecule has 0 saturated heterocycles. The van der Waals surface area contributed by atoms with E-state index in [9.17, 15) is 4.39 Å². The molecule has 0 fully saturated rings. The van der Waals surface area contributed by atoms with E-state index < -0.39 is 0 Å². The van der Waals surface area contributed by atoms with Crippen LogP contribution in [-0.4, -0.2) is 6.54 Å². The molecule has 0 radical (unpaired) electrons. The zero-order chi connectivity index (χ0) is 13.0. The Kier molecular flexibility index (Phi) is 4.11. The van der Waals surface area contributed by atoms with Crippen molar-refractivity contribution in [3.63, 3.8) is 0 Å². The van der Waals surface area contributed by atoms with Crippen molar-refractivity contribution in [1.29, 1.82) is 0 Å². The number of rotatable bonds is 4. The van der Waals surface area contributed by atoms with Crippen molar-refractivity contribution in [2.45, 2.75) is 19.3 Å². The maximum Gasteiger partial charge on any atom is 0.123 e. The Morgan fingerprint density at radius 1 is 1.11 bits per heavy atom. The van der Waals surface area contributed by atoms with E-state index >= 15 is 0 Å². The van der Waals surface area contributed by atoms with E-state index in [4.69, 9.17) is 5.73 Å². The van der Waals surface area contributed by atoms with Gasteiger partial charge in [-0.15, -0.1) is 0 Å². The molecule has 0 aliphatic heterocycles. The molecule has 0 amide bonds. The summed E-state index contributed by atoms with van der Waals surface area (Å²) in [5.41, 5.74) is 9.15. The molecule has 0 aliphatic rings. The second kappa shape index (κ2) is 5.78. The first-order valence-electron chi connectivity index (χ1n) is 6.23. The van der Waals surface area contributed by atoms with E-state index in [1.165, 1.54) is 17.2 Å². The van der Waals surface area contributed by atoms with Crippen LogP contribution in [0.4, 0.5) is 4.39 Å². The lowest BCUT2D eigenvalue weighted by atomic mass is 9.86. The largest absolute Gasteiger partial charge is 0.330 e. The van der Waals surface area contributed by atoms with Gasteiger partial charge >= 0.3 is 0 Å². The molecule has 0 saturated carbocycles. The molecule has 0 spiro atoms. The van der Waals surface area contributed by atoms with Crippen LogP contribution in [0.2, 0.25) is 0 Å². The highest BCUT2D eigenvalue weighted by Crippen LogP contribution is 2.30. The van der Waals surface area contributed by atoms with E-state index in [2.05, 4.69) is 19.1 Å². The summed E-state index contributed by atoms with van der Waals surface area (Å²) in [5.74, 6) is -0.0185. The lowest BCUT2D eigenvalue weighted by Crippen LogP contribution is -2.10. The number of benzene rings is 2. The first-order valence-corrected chi connectivity index (χ1v) is 6.23. The van der Waals surface area contributed by atoms with Gasteiger partial charge in [0, 0.05) is 5.92 Å². The highest BCUT2D eigenvalue weighted by Gasteiger charge is 2.15. The lowest BCUT2D eigenvalue weighted by Gasteiger charge is -2.19. The van der Waals surface area contributed by atoms with Crippen LogP contribution in [0.1, 0.15) is 29.0 Å². The van der Waals surface area contributed by atoms with Crippen LogP contribution in [0, 0.1) is 12.7 Å². The van der Waals surface area contributed by atoms with Crippen molar-refractivity contribution >= 4 is 0 Å². The molecule has 2 aromatic rings. The maximum atomic E-state index is 13.4. The van der Waals surface area contributed by atoms with Gasteiger partial charge in [-0.25, -0.2) is 4.39 Å². The molecular weight excluding hydrogens is 225 g/mol. The molecular formula is C16H18FN. The van der Waals surface area contributed by atoms with Gasteiger partial charge in [-0.3, -0.25) is 0 Å². The molecule has 2 rings (SSSR count). The molecule has 1 atom stereocenters. The summed E-state index contributed by atoms with van der Waals surface area (Å²) in [6.07, 6.45) is 0.828. The Morgan fingerprint density at radius 2 is 1.89 bits per heavy atom. The van der Waals surface area contributed by atoms with Crippen molar-refractivity contribution in [2.75, 3.05) is 6.54 Å². The molecule has 0 bridgehead atoms. The SMILES string of the molecule is Cc1ccccc1C(CCN)c1cccc(F)c1. The molecule has 2 heteroatoms. The minimum absolute atomic E-state index is 0.173. The molecule has 94 valence electrons. The smallest absolute Gasteiger partial charge is 0.123 e. The van der Waals surface area contributed by atoms with Gasteiger partial charge in [-0.05, 0) is 48.7 Å². The molecule has 18 heavy (non-hydrogen) atoms. The molecule has 2 aromatic carbocycles. The van der Waals surface area contributed by atoms with E-state index in [0.717, 1.165) is 12.0 Å². The van der Waals surface area contributed by atoms with Crippen LogP contribution >= 0.6 is 0 Å². The quantitative estimate of drug-likeness (QED) is 0.872. The van der Waals surface area contributed by atoms with Gasteiger partial charge in [-0.1, -0.05) is 36.4 Å². The van der Waals surface area contributed by atoms with Crippen LogP contribution in [0.3, 0.4) is 0 Å². The number of hydrogen-bond acceptors (Lipinski definition) is 1. The first kappa shape index (κ1) is 12.8. The van der Waals surface area contributed by atoms with Crippen LogP contribution in [0.15, 0.2) is 48.5 Å². The van der Waals surface area contributed by atoms with Crippen molar-refractivity contribution in [3.8, 4) is 0 Å². The van der Waals surface area contributed by atoms with Gasteiger partial charge in [0.25, 0.3) is 0 Å². The molecule has 0 aromatic heterocycles. The number of halogens is 1. The average Bonchev–Trinajstić information content (AvgIpc) is 2.37. The fourth-order valence-corrected chi connectivity index (χ4v) is 2.37. The first-order chi connectivity index (χ1) is 8.72. The third kappa shape index (κ3) is 2.77. The van der Waals surface area contributed by atoms with Crippen LogP contribution in [-0.2, 0) is 0 Å². The van der Waals surface area contributed by atoms with E-state index in [0.29, 0.717) is 6.54 Å². The Hall–Kier alpha value is -1.67. The van der Waals surface area contributed by atoms with Crippen molar-refractivity contribution in [1.82, 2.24) is 0 Å². The average molecular weight is 243 g/mol. The Bertz CT molecular complexity index is 522. The number of aryl methyl sites for hydroxylation is 1. The van der Waals surface area contributed by atoms with Gasteiger partial charge in [0.2, 0.25) is 0 Å². The highest BCUT2D eigenvalue weighted by atomic mass is 19.1. The second-order valence-corrected chi connectivity index (χ2v) is 4.54. The van der Waals surface area contributed by atoms with Gasteiger partial charge in [0.15, 0.2) is 0 Å². The molecule has 2 N–H and O–H groups in total. The summed E-state index contributed by atoms with van der Waals surface area (Å²) in [6, 6.07) is 15.0.